The Hall–Kier alpha value is -1.43. The molecule has 1 aromatic rings. The van der Waals surface area contributed by atoms with Crippen LogP contribution in [0, 0.1) is 0 Å². The fourth-order valence-electron chi connectivity index (χ4n) is 3.89. The SMILES string of the molecule is COCc1cccc(CN2CCCC(O)(C(=O)N3CCCC3)C2)c1. The monoisotopic (exact) mass is 332 g/mol. The van der Waals surface area contributed by atoms with Gasteiger partial charge in [-0.05, 0) is 43.4 Å². The normalized spacial score (nSPS) is 25.2. The Balaban J connectivity index is 1.64. The van der Waals surface area contributed by atoms with E-state index in [4.69, 9.17) is 4.74 Å². The van der Waals surface area contributed by atoms with E-state index < -0.39 is 5.60 Å². The molecule has 5 nitrogen and oxygen atoms in total. The van der Waals surface area contributed by atoms with Gasteiger partial charge < -0.3 is 14.7 Å². The molecular weight excluding hydrogens is 304 g/mol. The van der Waals surface area contributed by atoms with Crippen molar-refractivity contribution in [1.29, 1.82) is 0 Å². The van der Waals surface area contributed by atoms with Gasteiger partial charge in [0.25, 0.3) is 5.91 Å². The van der Waals surface area contributed by atoms with Crippen molar-refractivity contribution in [3.63, 3.8) is 0 Å². The number of likely N-dealkylation sites (tertiary alicyclic amines) is 2. The number of β-amino-alcohol motifs (C(OH)–C–C–N with tert-alkyl or cyclic N) is 1. The number of rotatable bonds is 5. The Morgan fingerprint density at radius 3 is 2.71 bits per heavy atom. The molecule has 2 aliphatic heterocycles. The minimum atomic E-state index is -1.22. The van der Waals surface area contributed by atoms with Gasteiger partial charge in [-0.2, -0.15) is 0 Å². The molecule has 0 spiro atoms. The Labute approximate surface area is 144 Å². The lowest BCUT2D eigenvalue weighted by molar-refractivity contribution is -0.156. The number of hydrogen-bond acceptors (Lipinski definition) is 4. The number of methoxy groups -OCH3 is 1. The van der Waals surface area contributed by atoms with Crippen LogP contribution >= 0.6 is 0 Å². The molecule has 2 heterocycles. The van der Waals surface area contributed by atoms with Gasteiger partial charge in [-0.15, -0.1) is 0 Å². The van der Waals surface area contributed by atoms with E-state index in [1.807, 2.05) is 11.0 Å². The van der Waals surface area contributed by atoms with Crippen LogP contribution in [0.3, 0.4) is 0 Å². The number of aliphatic hydroxyl groups is 1. The lowest BCUT2D eigenvalue weighted by Crippen LogP contribution is -2.57. The summed E-state index contributed by atoms with van der Waals surface area (Å²) >= 11 is 0. The topological polar surface area (TPSA) is 53.0 Å². The quantitative estimate of drug-likeness (QED) is 0.893. The molecule has 1 aromatic carbocycles. The average Bonchev–Trinajstić information content (AvgIpc) is 3.09. The predicted molar refractivity (Wildman–Crippen MR) is 92.4 cm³/mol. The molecule has 0 aromatic heterocycles. The van der Waals surface area contributed by atoms with Crippen molar-refractivity contribution in [1.82, 2.24) is 9.80 Å². The van der Waals surface area contributed by atoms with Gasteiger partial charge in [-0.1, -0.05) is 24.3 Å². The first-order valence-electron chi connectivity index (χ1n) is 8.91. The van der Waals surface area contributed by atoms with Crippen LogP contribution in [0.2, 0.25) is 0 Å². The van der Waals surface area contributed by atoms with Gasteiger partial charge in [0.1, 0.15) is 0 Å². The van der Waals surface area contributed by atoms with E-state index in [1.165, 1.54) is 5.56 Å². The Morgan fingerprint density at radius 2 is 1.96 bits per heavy atom. The zero-order valence-electron chi connectivity index (χ0n) is 14.5. The third kappa shape index (κ3) is 3.97. The van der Waals surface area contributed by atoms with Gasteiger partial charge in [-0.3, -0.25) is 9.69 Å². The summed E-state index contributed by atoms with van der Waals surface area (Å²) in [5, 5.41) is 10.9. The van der Waals surface area contributed by atoms with Crippen LogP contribution in [-0.4, -0.2) is 59.7 Å². The van der Waals surface area contributed by atoms with E-state index in [0.717, 1.165) is 51.0 Å². The van der Waals surface area contributed by atoms with Gasteiger partial charge in [0.2, 0.25) is 0 Å². The first-order valence-corrected chi connectivity index (χ1v) is 8.91. The van der Waals surface area contributed by atoms with E-state index >= 15 is 0 Å². The van der Waals surface area contributed by atoms with Crippen LogP contribution in [0.4, 0.5) is 0 Å². The summed E-state index contributed by atoms with van der Waals surface area (Å²) in [5.74, 6) is -0.0715. The van der Waals surface area contributed by atoms with Gasteiger partial charge in [0.15, 0.2) is 5.60 Å². The third-order valence-corrected chi connectivity index (χ3v) is 5.05. The second-order valence-electron chi connectivity index (χ2n) is 7.10. The van der Waals surface area contributed by atoms with E-state index in [2.05, 4.69) is 23.1 Å². The highest BCUT2D eigenvalue weighted by Crippen LogP contribution is 2.26. The van der Waals surface area contributed by atoms with E-state index in [1.54, 1.807) is 7.11 Å². The molecule has 5 heteroatoms. The summed E-state index contributed by atoms with van der Waals surface area (Å²) in [6, 6.07) is 8.32. The molecule has 1 unspecified atom stereocenters. The number of nitrogens with zero attached hydrogens (tertiary/aromatic N) is 2. The molecule has 1 N–H and O–H groups in total. The number of amides is 1. The van der Waals surface area contributed by atoms with Crippen molar-refractivity contribution >= 4 is 5.91 Å². The maximum atomic E-state index is 12.7. The summed E-state index contributed by atoms with van der Waals surface area (Å²) in [6.07, 6.45) is 3.53. The first-order chi connectivity index (χ1) is 11.6. The number of benzene rings is 1. The van der Waals surface area contributed by atoms with Gasteiger partial charge in [0.05, 0.1) is 6.61 Å². The van der Waals surface area contributed by atoms with E-state index in [-0.39, 0.29) is 5.91 Å². The van der Waals surface area contributed by atoms with E-state index in [0.29, 0.717) is 19.6 Å². The Morgan fingerprint density at radius 1 is 1.21 bits per heavy atom. The second-order valence-corrected chi connectivity index (χ2v) is 7.10. The predicted octanol–water partition coefficient (Wildman–Crippen LogP) is 1.78. The molecule has 0 aliphatic carbocycles. The molecule has 0 bridgehead atoms. The van der Waals surface area contributed by atoms with Crippen molar-refractivity contribution in [3.05, 3.63) is 35.4 Å². The summed E-state index contributed by atoms with van der Waals surface area (Å²) in [4.78, 5) is 16.7. The highest BCUT2D eigenvalue weighted by Gasteiger charge is 2.43. The Kier molecular flexibility index (Phi) is 5.54. The molecule has 2 fully saturated rings. The number of piperidine rings is 1. The lowest BCUT2D eigenvalue weighted by Gasteiger charge is -2.40. The maximum absolute atomic E-state index is 12.7. The van der Waals surface area contributed by atoms with E-state index in [9.17, 15) is 9.90 Å². The molecule has 24 heavy (non-hydrogen) atoms. The van der Waals surface area contributed by atoms with Gasteiger partial charge in [-0.25, -0.2) is 0 Å². The Bertz CT molecular complexity index is 571. The lowest BCUT2D eigenvalue weighted by atomic mass is 9.91. The summed E-state index contributed by atoms with van der Waals surface area (Å²) in [7, 11) is 1.70. The standard InChI is InChI=1S/C19H28N2O3/c1-24-14-17-7-4-6-16(12-17)13-20-9-5-8-19(23,15-20)18(22)21-10-2-3-11-21/h4,6-7,12,23H,2-3,5,8-11,13-15H2,1H3. The molecule has 1 atom stereocenters. The minimum absolute atomic E-state index is 0.0715. The number of carbonyl (C=O) groups is 1. The molecule has 2 aliphatic rings. The zero-order valence-corrected chi connectivity index (χ0v) is 14.5. The zero-order chi connectivity index (χ0) is 17.0. The maximum Gasteiger partial charge on any atom is 0.255 e. The minimum Gasteiger partial charge on any atom is -0.380 e. The average molecular weight is 332 g/mol. The summed E-state index contributed by atoms with van der Waals surface area (Å²) < 4.78 is 5.19. The highest BCUT2D eigenvalue weighted by atomic mass is 16.5. The first kappa shape index (κ1) is 17.4. The van der Waals surface area contributed by atoms with Crippen molar-refractivity contribution in [3.8, 4) is 0 Å². The summed E-state index contributed by atoms with van der Waals surface area (Å²) in [5.41, 5.74) is 1.13. The molecule has 1 amide bonds. The molecule has 3 rings (SSSR count). The highest BCUT2D eigenvalue weighted by molar-refractivity contribution is 5.85. The van der Waals surface area contributed by atoms with Crippen LogP contribution in [0.5, 0.6) is 0 Å². The smallest absolute Gasteiger partial charge is 0.255 e. The van der Waals surface area contributed by atoms with Crippen LogP contribution < -0.4 is 0 Å². The molecule has 0 saturated carbocycles. The van der Waals surface area contributed by atoms with Crippen LogP contribution in [-0.2, 0) is 22.7 Å². The second kappa shape index (κ2) is 7.64. The largest absolute Gasteiger partial charge is 0.380 e. The van der Waals surface area contributed by atoms with Crippen molar-refractivity contribution in [2.75, 3.05) is 33.3 Å². The number of carbonyl (C=O) groups excluding carboxylic acids is 1. The number of ether oxygens (including phenoxy) is 1. The summed E-state index contributed by atoms with van der Waals surface area (Å²) in [6.45, 7) is 4.29. The van der Waals surface area contributed by atoms with Crippen LogP contribution in [0.15, 0.2) is 24.3 Å². The van der Waals surface area contributed by atoms with Crippen molar-refractivity contribution in [2.45, 2.75) is 44.4 Å². The molecular formula is C19H28N2O3. The fraction of sp³-hybridized carbons (Fsp3) is 0.632. The van der Waals surface area contributed by atoms with Crippen molar-refractivity contribution in [2.24, 2.45) is 0 Å². The fourth-order valence-corrected chi connectivity index (χ4v) is 3.89. The molecule has 2 saturated heterocycles. The van der Waals surface area contributed by atoms with Crippen LogP contribution in [0.25, 0.3) is 0 Å². The van der Waals surface area contributed by atoms with Crippen molar-refractivity contribution < 1.29 is 14.6 Å². The third-order valence-electron chi connectivity index (χ3n) is 5.05. The molecule has 0 radical (unpaired) electrons. The van der Waals surface area contributed by atoms with Gasteiger partial charge in [0, 0.05) is 33.3 Å². The number of hydrogen-bond donors (Lipinski definition) is 1. The van der Waals surface area contributed by atoms with Gasteiger partial charge >= 0.3 is 0 Å². The van der Waals surface area contributed by atoms with Crippen LogP contribution in [0.1, 0.15) is 36.8 Å². The molecule has 132 valence electrons.